The average molecular weight is 225 g/mol. The molecule has 0 aromatic carbocycles. The number of methoxy groups -OCH3 is 1. The van der Waals surface area contributed by atoms with Crippen molar-refractivity contribution in [2.75, 3.05) is 20.3 Å². The Labute approximate surface area is 96.0 Å². The Kier molecular flexibility index (Phi) is 3.49. The second-order valence-corrected chi connectivity index (χ2v) is 4.27. The molecule has 0 saturated carbocycles. The van der Waals surface area contributed by atoms with Gasteiger partial charge in [0.15, 0.2) is 0 Å². The van der Waals surface area contributed by atoms with E-state index < -0.39 is 0 Å². The largest absolute Gasteiger partial charge is 0.463 e. The van der Waals surface area contributed by atoms with Crippen molar-refractivity contribution in [3.05, 3.63) is 11.3 Å². The van der Waals surface area contributed by atoms with Crippen LogP contribution in [-0.2, 0) is 14.3 Å². The summed E-state index contributed by atoms with van der Waals surface area (Å²) < 4.78 is 10.5. The number of ether oxygens (including phenoxy) is 2. The van der Waals surface area contributed by atoms with Gasteiger partial charge in [-0.3, -0.25) is 0 Å². The van der Waals surface area contributed by atoms with E-state index in [1.807, 2.05) is 6.92 Å². The summed E-state index contributed by atoms with van der Waals surface area (Å²) in [5.41, 5.74) is 1.90. The maximum atomic E-state index is 11.8. The van der Waals surface area contributed by atoms with Crippen LogP contribution in [0.25, 0.3) is 0 Å². The fourth-order valence-corrected chi connectivity index (χ4v) is 2.64. The molecular formula is C12H19NO3. The number of fused-ring (bicyclic) bond motifs is 1. The molecular weight excluding hydrogens is 206 g/mol. The second-order valence-electron chi connectivity index (χ2n) is 4.27. The summed E-state index contributed by atoms with van der Waals surface area (Å²) in [4.78, 5) is 11.8. The lowest BCUT2D eigenvalue weighted by Gasteiger charge is -2.24. The van der Waals surface area contributed by atoms with Gasteiger partial charge in [-0.1, -0.05) is 0 Å². The Balaban J connectivity index is 2.20. The van der Waals surface area contributed by atoms with E-state index in [2.05, 4.69) is 5.32 Å². The van der Waals surface area contributed by atoms with Crippen molar-refractivity contribution in [1.82, 2.24) is 5.32 Å². The van der Waals surface area contributed by atoms with Crippen LogP contribution in [0.3, 0.4) is 0 Å². The highest BCUT2D eigenvalue weighted by Gasteiger charge is 2.37. The Morgan fingerprint density at radius 2 is 2.38 bits per heavy atom. The van der Waals surface area contributed by atoms with Gasteiger partial charge in [-0.05, 0) is 26.2 Å². The molecule has 2 rings (SSSR count). The molecule has 1 saturated heterocycles. The molecule has 4 heteroatoms. The van der Waals surface area contributed by atoms with Gasteiger partial charge in [0.2, 0.25) is 0 Å². The fraction of sp³-hybridized carbons (Fsp3) is 0.750. The van der Waals surface area contributed by atoms with Crippen LogP contribution in [0.1, 0.15) is 26.2 Å². The summed E-state index contributed by atoms with van der Waals surface area (Å²) in [5.74, 6) is 0.199. The Hall–Kier alpha value is -1.03. The third kappa shape index (κ3) is 1.94. The molecule has 0 spiro atoms. The van der Waals surface area contributed by atoms with Gasteiger partial charge >= 0.3 is 5.97 Å². The molecule has 16 heavy (non-hydrogen) atoms. The molecule has 1 aliphatic heterocycles. The smallest absolute Gasteiger partial charge is 0.335 e. The topological polar surface area (TPSA) is 47.6 Å². The number of hydrogen-bond acceptors (Lipinski definition) is 4. The molecule has 0 amide bonds. The van der Waals surface area contributed by atoms with E-state index in [4.69, 9.17) is 9.47 Å². The van der Waals surface area contributed by atoms with Crippen LogP contribution in [0, 0.1) is 5.92 Å². The zero-order valence-electron chi connectivity index (χ0n) is 9.91. The Bertz CT molecular complexity index is 311. The summed E-state index contributed by atoms with van der Waals surface area (Å²) in [6, 6.07) is 0. The quantitative estimate of drug-likeness (QED) is 0.734. The number of carbonyl (C=O) groups excluding carboxylic acids is 1. The SMILES string of the molecule is CCOC(=O)C1=C2NC[C@H](OC)[C@H]2CCC1. The normalized spacial score (nSPS) is 28.6. The van der Waals surface area contributed by atoms with Gasteiger partial charge in [-0.15, -0.1) is 0 Å². The lowest BCUT2D eigenvalue weighted by molar-refractivity contribution is -0.138. The zero-order valence-corrected chi connectivity index (χ0v) is 9.91. The van der Waals surface area contributed by atoms with E-state index in [0.29, 0.717) is 12.5 Å². The molecule has 0 unspecified atom stereocenters. The summed E-state index contributed by atoms with van der Waals surface area (Å²) in [7, 11) is 1.73. The van der Waals surface area contributed by atoms with Crippen molar-refractivity contribution in [2.45, 2.75) is 32.3 Å². The fourth-order valence-electron chi connectivity index (χ4n) is 2.64. The van der Waals surface area contributed by atoms with E-state index in [9.17, 15) is 4.79 Å². The molecule has 0 radical (unpaired) electrons. The number of hydrogen-bond donors (Lipinski definition) is 1. The van der Waals surface area contributed by atoms with E-state index >= 15 is 0 Å². The zero-order chi connectivity index (χ0) is 11.5. The van der Waals surface area contributed by atoms with Crippen LogP contribution in [-0.4, -0.2) is 32.3 Å². The van der Waals surface area contributed by atoms with Crippen molar-refractivity contribution >= 4 is 5.97 Å². The van der Waals surface area contributed by atoms with Gasteiger partial charge in [0.25, 0.3) is 0 Å². The van der Waals surface area contributed by atoms with Crippen molar-refractivity contribution in [3.8, 4) is 0 Å². The highest BCUT2D eigenvalue weighted by Crippen LogP contribution is 2.35. The predicted molar refractivity (Wildman–Crippen MR) is 59.8 cm³/mol. The molecule has 1 heterocycles. The van der Waals surface area contributed by atoms with Crippen LogP contribution < -0.4 is 5.32 Å². The molecule has 90 valence electrons. The lowest BCUT2D eigenvalue weighted by Crippen LogP contribution is -2.24. The molecule has 0 aromatic rings. The summed E-state index contributed by atoms with van der Waals surface area (Å²) in [6.07, 6.45) is 3.18. The van der Waals surface area contributed by atoms with E-state index in [1.54, 1.807) is 7.11 Å². The first-order chi connectivity index (χ1) is 7.77. The van der Waals surface area contributed by atoms with Crippen LogP contribution in [0.5, 0.6) is 0 Å². The number of nitrogens with one attached hydrogen (secondary N) is 1. The number of rotatable bonds is 3. The first kappa shape index (κ1) is 11.5. The molecule has 2 aliphatic rings. The lowest BCUT2D eigenvalue weighted by atomic mass is 9.86. The van der Waals surface area contributed by atoms with E-state index in [0.717, 1.165) is 37.1 Å². The van der Waals surface area contributed by atoms with Gasteiger partial charge in [-0.2, -0.15) is 0 Å². The molecule has 0 bridgehead atoms. The predicted octanol–water partition coefficient (Wildman–Crippen LogP) is 1.22. The highest BCUT2D eigenvalue weighted by molar-refractivity contribution is 5.89. The van der Waals surface area contributed by atoms with Crippen molar-refractivity contribution in [1.29, 1.82) is 0 Å². The molecule has 1 aliphatic carbocycles. The van der Waals surface area contributed by atoms with Gasteiger partial charge < -0.3 is 14.8 Å². The highest BCUT2D eigenvalue weighted by atomic mass is 16.5. The monoisotopic (exact) mass is 225 g/mol. The summed E-state index contributed by atoms with van der Waals surface area (Å²) >= 11 is 0. The third-order valence-electron chi connectivity index (χ3n) is 3.40. The maximum Gasteiger partial charge on any atom is 0.335 e. The van der Waals surface area contributed by atoms with Crippen LogP contribution in [0.4, 0.5) is 0 Å². The number of esters is 1. The van der Waals surface area contributed by atoms with E-state index in [1.165, 1.54) is 0 Å². The van der Waals surface area contributed by atoms with Gasteiger partial charge in [0.05, 0.1) is 18.3 Å². The Morgan fingerprint density at radius 1 is 1.56 bits per heavy atom. The first-order valence-electron chi connectivity index (χ1n) is 5.94. The van der Waals surface area contributed by atoms with Gasteiger partial charge in [0.1, 0.15) is 0 Å². The molecule has 4 nitrogen and oxygen atoms in total. The van der Waals surface area contributed by atoms with Crippen LogP contribution in [0.15, 0.2) is 11.3 Å². The standard InChI is InChI=1S/C12H19NO3/c1-3-16-12(14)9-6-4-5-8-10(15-2)7-13-11(8)9/h8,10,13H,3-7H2,1-2H3/t8-,10+/m1/s1. The third-order valence-corrected chi connectivity index (χ3v) is 3.40. The first-order valence-corrected chi connectivity index (χ1v) is 5.94. The maximum absolute atomic E-state index is 11.8. The minimum atomic E-state index is -0.161. The van der Waals surface area contributed by atoms with Crippen molar-refractivity contribution in [2.24, 2.45) is 5.92 Å². The molecule has 2 atom stereocenters. The second kappa shape index (κ2) is 4.87. The van der Waals surface area contributed by atoms with Crippen LogP contribution in [0.2, 0.25) is 0 Å². The molecule has 0 aromatic heterocycles. The van der Waals surface area contributed by atoms with Crippen LogP contribution >= 0.6 is 0 Å². The van der Waals surface area contributed by atoms with Gasteiger partial charge in [-0.25, -0.2) is 4.79 Å². The van der Waals surface area contributed by atoms with Gasteiger partial charge in [0, 0.05) is 25.3 Å². The Morgan fingerprint density at radius 3 is 3.06 bits per heavy atom. The number of carbonyl (C=O) groups is 1. The van der Waals surface area contributed by atoms with E-state index in [-0.39, 0.29) is 12.1 Å². The minimum Gasteiger partial charge on any atom is -0.463 e. The molecule has 1 fully saturated rings. The van der Waals surface area contributed by atoms with Crippen molar-refractivity contribution < 1.29 is 14.3 Å². The summed E-state index contributed by atoms with van der Waals surface area (Å²) in [6.45, 7) is 3.08. The van der Waals surface area contributed by atoms with Crippen molar-refractivity contribution in [3.63, 3.8) is 0 Å². The molecule has 1 N–H and O–H groups in total. The summed E-state index contributed by atoms with van der Waals surface area (Å²) in [5, 5.41) is 3.30. The minimum absolute atomic E-state index is 0.161. The average Bonchev–Trinajstić information content (AvgIpc) is 2.71.